The molecule has 0 unspecified atom stereocenters. The second-order valence-corrected chi connectivity index (χ2v) is 8.22. The van der Waals surface area contributed by atoms with Gasteiger partial charge in [0.1, 0.15) is 11.6 Å². The van der Waals surface area contributed by atoms with Gasteiger partial charge in [0, 0.05) is 4.47 Å². The van der Waals surface area contributed by atoms with Crippen LogP contribution in [0.25, 0.3) is 21.1 Å². The minimum absolute atomic E-state index is 0.164. The molecule has 0 fully saturated rings. The van der Waals surface area contributed by atoms with Crippen LogP contribution in [0.15, 0.2) is 50.0 Å². The third kappa shape index (κ3) is 3.09. The lowest BCUT2D eigenvalue weighted by Gasteiger charge is -2.02. The number of aromatic amines is 1. The molecule has 0 aliphatic carbocycles. The lowest BCUT2D eigenvalue weighted by atomic mass is 10.2. The van der Waals surface area contributed by atoms with Gasteiger partial charge < -0.3 is 4.98 Å². The summed E-state index contributed by atoms with van der Waals surface area (Å²) in [5, 5.41) is 0.550. The predicted octanol–water partition coefficient (Wildman–Crippen LogP) is 4.73. The van der Waals surface area contributed by atoms with Gasteiger partial charge in [-0.25, -0.2) is 14.4 Å². The summed E-state index contributed by atoms with van der Waals surface area (Å²) in [6.45, 7) is 0. The molecule has 24 heavy (non-hydrogen) atoms. The quantitative estimate of drug-likeness (QED) is 0.485. The monoisotopic (exact) mass is 421 g/mol. The maximum absolute atomic E-state index is 13.2. The van der Waals surface area contributed by atoms with Crippen LogP contribution in [0.1, 0.15) is 5.82 Å². The topological polar surface area (TPSA) is 58.6 Å². The number of nitrogens with zero attached hydrogens (tertiary/aromatic N) is 2. The van der Waals surface area contributed by atoms with E-state index >= 15 is 0 Å². The lowest BCUT2D eigenvalue weighted by Crippen LogP contribution is -2.11. The number of fused-ring (bicyclic) bond motifs is 2. The first-order valence-corrected chi connectivity index (χ1v) is 9.55. The van der Waals surface area contributed by atoms with Crippen molar-refractivity contribution >= 4 is 60.1 Å². The van der Waals surface area contributed by atoms with Crippen LogP contribution in [0.5, 0.6) is 0 Å². The van der Waals surface area contributed by atoms with Crippen molar-refractivity contribution in [3.8, 4) is 0 Å². The van der Waals surface area contributed by atoms with Gasteiger partial charge in [-0.1, -0.05) is 27.7 Å². The summed E-state index contributed by atoms with van der Waals surface area (Å²) in [6, 6.07) is 9.96. The van der Waals surface area contributed by atoms with E-state index in [0.717, 1.165) is 19.0 Å². The minimum atomic E-state index is -0.269. The van der Waals surface area contributed by atoms with Gasteiger partial charge in [0.2, 0.25) is 0 Å². The first-order chi connectivity index (χ1) is 11.6. The van der Waals surface area contributed by atoms with Crippen molar-refractivity contribution in [2.24, 2.45) is 0 Å². The fourth-order valence-corrected chi connectivity index (χ4v) is 4.62. The van der Waals surface area contributed by atoms with Crippen molar-refractivity contribution in [3.63, 3.8) is 0 Å². The maximum Gasteiger partial charge on any atom is 0.258 e. The fraction of sp³-hybridized carbons (Fsp3) is 0.0625. The summed E-state index contributed by atoms with van der Waals surface area (Å²) in [5.41, 5.74) is 1.26. The van der Waals surface area contributed by atoms with Crippen LogP contribution in [-0.4, -0.2) is 15.0 Å². The highest BCUT2D eigenvalue weighted by Gasteiger charge is 2.09. The van der Waals surface area contributed by atoms with Crippen LogP contribution in [0.4, 0.5) is 4.39 Å². The van der Waals surface area contributed by atoms with Crippen LogP contribution in [-0.2, 0) is 5.75 Å². The SMILES string of the molecule is O=c1[nH]c(CSc2nc3ccc(F)cc3s2)nc2ccc(Br)cc12. The van der Waals surface area contributed by atoms with Crippen LogP contribution in [0.2, 0.25) is 0 Å². The molecule has 2 aromatic carbocycles. The Hall–Kier alpha value is -1.77. The molecule has 0 aliphatic heterocycles. The van der Waals surface area contributed by atoms with Gasteiger partial charge in [-0.05, 0) is 36.4 Å². The van der Waals surface area contributed by atoms with Crippen molar-refractivity contribution in [2.45, 2.75) is 10.1 Å². The first-order valence-electron chi connectivity index (χ1n) is 6.96. The second-order valence-electron chi connectivity index (χ2n) is 5.05. The van der Waals surface area contributed by atoms with E-state index in [1.165, 1.54) is 35.2 Å². The molecule has 0 saturated carbocycles. The maximum atomic E-state index is 13.2. The van der Waals surface area contributed by atoms with Crippen molar-refractivity contribution in [3.05, 3.63) is 62.9 Å². The van der Waals surface area contributed by atoms with Crippen molar-refractivity contribution in [2.75, 3.05) is 0 Å². The van der Waals surface area contributed by atoms with Gasteiger partial charge in [-0.2, -0.15) is 0 Å². The molecule has 0 bridgehead atoms. The van der Waals surface area contributed by atoms with Gasteiger partial charge >= 0.3 is 0 Å². The van der Waals surface area contributed by atoms with Crippen molar-refractivity contribution in [1.29, 1.82) is 0 Å². The number of rotatable bonds is 3. The smallest absolute Gasteiger partial charge is 0.258 e. The summed E-state index contributed by atoms with van der Waals surface area (Å²) < 4.78 is 15.7. The molecule has 2 heterocycles. The molecular formula is C16H9BrFN3OS2. The first kappa shape index (κ1) is 15.7. The van der Waals surface area contributed by atoms with Gasteiger partial charge in [0.25, 0.3) is 5.56 Å². The summed E-state index contributed by atoms with van der Waals surface area (Å²) in [5.74, 6) is 0.809. The fourth-order valence-electron chi connectivity index (χ4n) is 2.30. The van der Waals surface area contributed by atoms with Crippen LogP contribution < -0.4 is 5.56 Å². The average Bonchev–Trinajstić information content (AvgIpc) is 2.95. The molecular weight excluding hydrogens is 413 g/mol. The standard InChI is InChI=1S/C16H9BrFN3OS2/c17-8-1-3-11-10(5-8)15(22)21-14(19-11)7-23-16-20-12-4-2-9(18)6-13(12)24-16/h1-6H,7H2,(H,19,21,22). The zero-order chi connectivity index (χ0) is 16.7. The highest BCUT2D eigenvalue weighted by atomic mass is 79.9. The Bertz CT molecular complexity index is 1130. The van der Waals surface area contributed by atoms with E-state index in [4.69, 9.17) is 0 Å². The molecule has 0 spiro atoms. The predicted molar refractivity (Wildman–Crippen MR) is 99.2 cm³/mol. The summed E-state index contributed by atoms with van der Waals surface area (Å²) in [6.07, 6.45) is 0. The zero-order valence-electron chi connectivity index (χ0n) is 12.0. The Morgan fingerprint density at radius 1 is 1.17 bits per heavy atom. The Labute approximate surface area is 152 Å². The number of benzene rings is 2. The van der Waals surface area contributed by atoms with Gasteiger partial charge in [-0.15, -0.1) is 11.3 Å². The van der Waals surface area contributed by atoms with Crippen LogP contribution in [0, 0.1) is 5.82 Å². The Balaban J connectivity index is 1.61. The zero-order valence-corrected chi connectivity index (χ0v) is 15.3. The summed E-state index contributed by atoms with van der Waals surface area (Å²) >= 11 is 6.24. The van der Waals surface area contributed by atoms with Gasteiger partial charge in [0.15, 0.2) is 4.34 Å². The minimum Gasteiger partial charge on any atom is -0.309 e. The average molecular weight is 422 g/mol. The highest BCUT2D eigenvalue weighted by Crippen LogP contribution is 2.31. The largest absolute Gasteiger partial charge is 0.309 e. The molecule has 0 atom stereocenters. The molecule has 0 radical (unpaired) electrons. The van der Waals surface area contributed by atoms with E-state index in [-0.39, 0.29) is 11.4 Å². The Morgan fingerprint density at radius 3 is 2.88 bits per heavy atom. The van der Waals surface area contributed by atoms with Gasteiger partial charge in [-0.3, -0.25) is 4.79 Å². The molecule has 1 N–H and O–H groups in total. The number of nitrogens with one attached hydrogen (secondary N) is 1. The third-order valence-corrected chi connectivity index (χ3v) is 6.05. The number of halogens is 2. The third-order valence-electron chi connectivity index (χ3n) is 3.38. The lowest BCUT2D eigenvalue weighted by molar-refractivity contribution is 0.630. The molecule has 0 amide bonds. The number of hydrogen-bond acceptors (Lipinski definition) is 5. The number of H-pyrrole nitrogens is 1. The highest BCUT2D eigenvalue weighted by molar-refractivity contribution is 9.10. The number of aromatic nitrogens is 3. The molecule has 4 aromatic rings. The van der Waals surface area contributed by atoms with E-state index in [2.05, 4.69) is 30.9 Å². The van der Waals surface area contributed by atoms with Gasteiger partial charge in [0.05, 0.1) is 26.9 Å². The van der Waals surface area contributed by atoms with Crippen molar-refractivity contribution < 1.29 is 4.39 Å². The molecule has 0 saturated heterocycles. The Morgan fingerprint density at radius 2 is 2.00 bits per heavy atom. The number of thioether (sulfide) groups is 1. The molecule has 2 aromatic heterocycles. The molecule has 4 rings (SSSR count). The Kier molecular flexibility index (Phi) is 4.11. The number of thiazole rings is 1. The van der Waals surface area contributed by atoms with Crippen molar-refractivity contribution in [1.82, 2.24) is 15.0 Å². The normalized spacial score (nSPS) is 11.4. The van der Waals surface area contributed by atoms with E-state index in [1.807, 2.05) is 12.1 Å². The van der Waals surface area contributed by atoms with E-state index in [1.54, 1.807) is 12.1 Å². The number of hydrogen-bond donors (Lipinski definition) is 1. The summed E-state index contributed by atoms with van der Waals surface area (Å²) in [4.78, 5) is 23.9. The molecule has 8 heteroatoms. The van der Waals surface area contributed by atoms with Crippen LogP contribution in [0.3, 0.4) is 0 Å². The summed E-state index contributed by atoms with van der Waals surface area (Å²) in [7, 11) is 0. The molecule has 0 aliphatic rings. The second kappa shape index (κ2) is 6.27. The van der Waals surface area contributed by atoms with E-state index < -0.39 is 0 Å². The van der Waals surface area contributed by atoms with E-state index in [0.29, 0.717) is 22.5 Å². The van der Waals surface area contributed by atoms with E-state index in [9.17, 15) is 9.18 Å². The molecule has 120 valence electrons. The molecule has 4 nitrogen and oxygen atoms in total. The van der Waals surface area contributed by atoms with Crippen LogP contribution >= 0.6 is 39.0 Å².